The van der Waals surface area contributed by atoms with Crippen molar-refractivity contribution < 1.29 is 0 Å². The van der Waals surface area contributed by atoms with E-state index >= 15 is 0 Å². The number of hydrogen-bond donors (Lipinski definition) is 2. The molecule has 0 bridgehead atoms. The maximum Gasteiger partial charge on any atom is 0.191 e. The van der Waals surface area contributed by atoms with Crippen LogP contribution in [0.25, 0.3) is 0 Å². The van der Waals surface area contributed by atoms with Crippen molar-refractivity contribution in [3.05, 3.63) is 35.9 Å². The van der Waals surface area contributed by atoms with E-state index in [0.29, 0.717) is 12.1 Å². The Morgan fingerprint density at radius 3 is 2.48 bits per heavy atom. The smallest absolute Gasteiger partial charge is 0.191 e. The fraction of sp³-hybridized carbons (Fsp3) is 0.696. The number of hydrogen-bond acceptors (Lipinski definition) is 3. The molecule has 0 aromatic heterocycles. The van der Waals surface area contributed by atoms with Crippen molar-refractivity contribution in [2.24, 2.45) is 10.9 Å². The van der Waals surface area contributed by atoms with Crippen LogP contribution in [-0.2, 0) is 6.54 Å². The van der Waals surface area contributed by atoms with Gasteiger partial charge in [-0.3, -0.25) is 14.8 Å². The van der Waals surface area contributed by atoms with Crippen molar-refractivity contribution in [3.63, 3.8) is 0 Å². The van der Waals surface area contributed by atoms with Gasteiger partial charge < -0.3 is 10.6 Å². The molecule has 164 valence electrons. The Balaban J connectivity index is 0.00000300. The molecule has 29 heavy (non-hydrogen) atoms. The molecule has 1 atom stereocenters. The number of nitrogens with one attached hydrogen (secondary N) is 2. The van der Waals surface area contributed by atoms with Crippen LogP contribution >= 0.6 is 24.0 Å². The number of aliphatic imine (C=N–C) groups is 1. The zero-order valence-electron chi connectivity index (χ0n) is 18.4. The number of likely N-dealkylation sites (tertiary alicyclic amines) is 2. The van der Waals surface area contributed by atoms with Crippen LogP contribution in [0, 0.1) is 5.92 Å². The molecule has 0 unspecified atom stereocenters. The van der Waals surface area contributed by atoms with Gasteiger partial charge in [0.1, 0.15) is 0 Å². The normalized spacial score (nSPS) is 21.9. The van der Waals surface area contributed by atoms with Crippen LogP contribution in [0.15, 0.2) is 35.3 Å². The number of guanidine groups is 1. The number of benzene rings is 1. The van der Waals surface area contributed by atoms with Gasteiger partial charge in [0.15, 0.2) is 5.96 Å². The third-order valence-corrected chi connectivity index (χ3v) is 6.00. The van der Waals surface area contributed by atoms with Crippen molar-refractivity contribution >= 4 is 29.9 Å². The topological polar surface area (TPSA) is 42.9 Å². The lowest BCUT2D eigenvalue weighted by atomic mass is 10.0. The van der Waals surface area contributed by atoms with Gasteiger partial charge in [-0.15, -0.1) is 24.0 Å². The molecule has 6 heteroatoms. The van der Waals surface area contributed by atoms with E-state index in [1.54, 1.807) is 0 Å². The Hall–Kier alpha value is -0.860. The van der Waals surface area contributed by atoms with E-state index in [9.17, 15) is 0 Å². The summed E-state index contributed by atoms with van der Waals surface area (Å²) >= 11 is 0. The summed E-state index contributed by atoms with van der Waals surface area (Å²) in [6.45, 7) is 11.4. The lowest BCUT2D eigenvalue weighted by molar-refractivity contribution is 0.198. The van der Waals surface area contributed by atoms with Gasteiger partial charge in [-0.25, -0.2) is 0 Å². The number of piperidine rings is 1. The lowest BCUT2D eigenvalue weighted by Gasteiger charge is -2.33. The Morgan fingerprint density at radius 2 is 1.83 bits per heavy atom. The second-order valence-corrected chi connectivity index (χ2v) is 8.82. The summed E-state index contributed by atoms with van der Waals surface area (Å²) in [5, 5.41) is 7.26. The van der Waals surface area contributed by atoms with E-state index in [-0.39, 0.29) is 24.0 Å². The molecule has 2 fully saturated rings. The van der Waals surface area contributed by atoms with Crippen LogP contribution in [0.2, 0.25) is 0 Å². The highest BCUT2D eigenvalue weighted by Crippen LogP contribution is 2.18. The molecule has 2 heterocycles. The summed E-state index contributed by atoms with van der Waals surface area (Å²) in [5.41, 5.74) is 1.41. The molecular formula is C23H40IN5. The molecule has 2 N–H and O–H groups in total. The molecule has 0 spiro atoms. The van der Waals surface area contributed by atoms with E-state index in [4.69, 9.17) is 0 Å². The summed E-state index contributed by atoms with van der Waals surface area (Å²) in [4.78, 5) is 9.69. The van der Waals surface area contributed by atoms with Crippen molar-refractivity contribution in [1.29, 1.82) is 0 Å². The first-order valence-corrected chi connectivity index (χ1v) is 11.1. The first kappa shape index (κ1) is 24.4. The van der Waals surface area contributed by atoms with Crippen LogP contribution in [-0.4, -0.2) is 67.6 Å². The molecule has 0 amide bonds. The highest BCUT2D eigenvalue weighted by molar-refractivity contribution is 14.0. The molecule has 2 aliphatic rings. The molecule has 3 rings (SSSR count). The Kier molecular flexibility index (Phi) is 10.7. The molecule has 1 aromatic carbocycles. The minimum Gasteiger partial charge on any atom is -0.355 e. The monoisotopic (exact) mass is 513 g/mol. The van der Waals surface area contributed by atoms with Crippen molar-refractivity contribution in [1.82, 2.24) is 20.4 Å². The average Bonchev–Trinajstić information content (AvgIpc) is 3.13. The second kappa shape index (κ2) is 12.7. The summed E-state index contributed by atoms with van der Waals surface area (Å²) < 4.78 is 0. The van der Waals surface area contributed by atoms with Crippen molar-refractivity contribution in [3.8, 4) is 0 Å². The zero-order chi connectivity index (χ0) is 19.8. The molecule has 0 aliphatic carbocycles. The van der Waals surface area contributed by atoms with Gasteiger partial charge in [-0.2, -0.15) is 0 Å². The number of nitrogens with zero attached hydrogens (tertiary/aromatic N) is 3. The third-order valence-electron chi connectivity index (χ3n) is 6.00. The SMILES string of the molecule is CN=C(NC[C@H]1CCCN1CC(C)C)NC1CCN(Cc2ccccc2)CC1.I. The second-order valence-electron chi connectivity index (χ2n) is 8.82. The fourth-order valence-electron chi connectivity index (χ4n) is 4.52. The van der Waals surface area contributed by atoms with Gasteiger partial charge in [0.2, 0.25) is 0 Å². The van der Waals surface area contributed by atoms with Gasteiger partial charge >= 0.3 is 0 Å². The summed E-state index contributed by atoms with van der Waals surface area (Å²) in [6.07, 6.45) is 4.98. The molecular weight excluding hydrogens is 473 g/mol. The van der Waals surface area contributed by atoms with Gasteiger partial charge in [-0.1, -0.05) is 44.2 Å². The van der Waals surface area contributed by atoms with Gasteiger partial charge in [0, 0.05) is 51.9 Å². The van der Waals surface area contributed by atoms with Crippen LogP contribution in [0.4, 0.5) is 0 Å². The fourth-order valence-corrected chi connectivity index (χ4v) is 4.52. The maximum absolute atomic E-state index is 4.48. The predicted molar refractivity (Wildman–Crippen MR) is 134 cm³/mol. The molecule has 2 aliphatic heterocycles. The zero-order valence-corrected chi connectivity index (χ0v) is 20.8. The molecule has 2 saturated heterocycles. The molecule has 0 saturated carbocycles. The highest BCUT2D eigenvalue weighted by Gasteiger charge is 2.25. The van der Waals surface area contributed by atoms with E-state index in [1.807, 2.05) is 7.05 Å². The quantitative estimate of drug-likeness (QED) is 0.333. The molecule has 0 radical (unpaired) electrons. The van der Waals surface area contributed by atoms with E-state index < -0.39 is 0 Å². The first-order valence-electron chi connectivity index (χ1n) is 11.1. The largest absolute Gasteiger partial charge is 0.355 e. The molecule has 5 nitrogen and oxygen atoms in total. The Bertz CT molecular complexity index is 599. The first-order chi connectivity index (χ1) is 13.6. The minimum absolute atomic E-state index is 0. The van der Waals surface area contributed by atoms with E-state index in [1.165, 1.54) is 44.3 Å². The van der Waals surface area contributed by atoms with Crippen LogP contribution in [0.1, 0.15) is 45.1 Å². The van der Waals surface area contributed by atoms with Crippen molar-refractivity contribution in [2.75, 3.05) is 39.8 Å². The van der Waals surface area contributed by atoms with Crippen molar-refractivity contribution in [2.45, 2.75) is 58.2 Å². The maximum atomic E-state index is 4.48. The Labute approximate surface area is 194 Å². The summed E-state index contributed by atoms with van der Waals surface area (Å²) in [5.74, 6) is 1.71. The van der Waals surface area contributed by atoms with Crippen LogP contribution in [0.5, 0.6) is 0 Å². The van der Waals surface area contributed by atoms with Gasteiger partial charge in [0.05, 0.1) is 0 Å². The van der Waals surface area contributed by atoms with Gasteiger partial charge in [-0.05, 0) is 43.7 Å². The van der Waals surface area contributed by atoms with E-state index in [0.717, 1.165) is 38.1 Å². The van der Waals surface area contributed by atoms with E-state index in [2.05, 4.69) is 69.6 Å². The lowest BCUT2D eigenvalue weighted by Crippen LogP contribution is -2.51. The summed E-state index contributed by atoms with van der Waals surface area (Å²) in [7, 11) is 1.89. The van der Waals surface area contributed by atoms with Crippen LogP contribution in [0.3, 0.4) is 0 Å². The number of halogens is 1. The van der Waals surface area contributed by atoms with Crippen LogP contribution < -0.4 is 10.6 Å². The number of rotatable bonds is 7. The highest BCUT2D eigenvalue weighted by atomic mass is 127. The summed E-state index contributed by atoms with van der Waals surface area (Å²) in [6, 6.07) is 12.0. The minimum atomic E-state index is 0. The standard InChI is InChI=1S/C23H39N5.HI/c1-19(2)17-28-13-7-10-22(28)16-25-23(24-3)26-21-11-14-27(15-12-21)18-20-8-5-4-6-9-20;/h4-6,8-9,19,21-22H,7,10-18H2,1-3H3,(H2,24,25,26);1H/t22-;/m1./s1. The third kappa shape index (κ3) is 8.06. The molecule has 1 aromatic rings. The van der Waals surface area contributed by atoms with Gasteiger partial charge in [0.25, 0.3) is 0 Å². The predicted octanol–water partition coefficient (Wildman–Crippen LogP) is 3.55. The average molecular weight is 514 g/mol. The Morgan fingerprint density at radius 1 is 1.10 bits per heavy atom.